The summed E-state index contributed by atoms with van der Waals surface area (Å²) < 4.78 is 10.1. The summed E-state index contributed by atoms with van der Waals surface area (Å²) in [6.45, 7) is 0.912. The molecule has 0 aliphatic rings. The Morgan fingerprint density at radius 1 is 1.14 bits per heavy atom. The number of rotatable bonds is 5. The fourth-order valence-electron chi connectivity index (χ4n) is 1.20. The van der Waals surface area contributed by atoms with E-state index in [1.165, 1.54) is 0 Å². The fourth-order valence-corrected chi connectivity index (χ4v) is 1.45. The van der Waals surface area contributed by atoms with Gasteiger partial charge in [0, 0.05) is 14.2 Å². The van der Waals surface area contributed by atoms with Crippen molar-refractivity contribution in [3.05, 3.63) is 29.3 Å². The van der Waals surface area contributed by atoms with E-state index >= 15 is 0 Å². The van der Waals surface area contributed by atoms with Gasteiger partial charge >= 0.3 is 0 Å². The average molecular weight is 216 g/mol. The molecule has 0 heterocycles. The monoisotopic (exact) mass is 215 g/mol. The van der Waals surface area contributed by atoms with Gasteiger partial charge < -0.3 is 14.4 Å². The molecule has 0 aliphatic carbocycles. The molecule has 0 bridgehead atoms. The lowest BCUT2D eigenvalue weighted by molar-refractivity contribution is 0.140. The first-order valence-electron chi connectivity index (χ1n) is 4.27. The van der Waals surface area contributed by atoms with Crippen molar-refractivity contribution in [2.75, 3.05) is 32.6 Å². The summed E-state index contributed by atoms with van der Waals surface area (Å²) in [4.78, 5) is 1.91. The highest BCUT2D eigenvalue weighted by Gasteiger charge is 2.08. The lowest BCUT2D eigenvalue weighted by Crippen LogP contribution is -2.27. The Morgan fingerprint density at radius 2 is 1.71 bits per heavy atom. The van der Waals surface area contributed by atoms with Gasteiger partial charge in [-0.1, -0.05) is 23.7 Å². The summed E-state index contributed by atoms with van der Waals surface area (Å²) in [7, 11) is 3.28. The molecule has 14 heavy (non-hydrogen) atoms. The van der Waals surface area contributed by atoms with Crippen LogP contribution in [0.15, 0.2) is 24.3 Å². The van der Waals surface area contributed by atoms with Crippen LogP contribution < -0.4 is 4.90 Å². The van der Waals surface area contributed by atoms with E-state index in [9.17, 15) is 0 Å². The third-order valence-electron chi connectivity index (χ3n) is 1.76. The summed E-state index contributed by atoms with van der Waals surface area (Å²) in [5, 5.41) is 0.696. The molecule has 0 N–H and O–H groups in total. The maximum atomic E-state index is 6.04. The fraction of sp³-hybridized carbons (Fsp3) is 0.400. The number of anilines is 1. The number of hydrogen-bond acceptors (Lipinski definition) is 3. The minimum Gasteiger partial charge on any atom is -0.364 e. The third-order valence-corrected chi connectivity index (χ3v) is 2.08. The van der Waals surface area contributed by atoms with Gasteiger partial charge in [0.1, 0.15) is 13.5 Å². The lowest BCUT2D eigenvalue weighted by Gasteiger charge is -2.23. The molecule has 0 amide bonds. The molecule has 1 aromatic rings. The van der Waals surface area contributed by atoms with Crippen LogP contribution in [0.2, 0.25) is 5.02 Å². The van der Waals surface area contributed by atoms with Crippen molar-refractivity contribution >= 4 is 17.3 Å². The van der Waals surface area contributed by atoms with E-state index in [1.807, 2.05) is 29.2 Å². The number of methoxy groups -OCH3 is 2. The first-order chi connectivity index (χ1) is 6.79. The first-order valence-corrected chi connectivity index (χ1v) is 4.64. The molecule has 0 aliphatic heterocycles. The zero-order chi connectivity index (χ0) is 10.4. The Morgan fingerprint density at radius 3 is 2.21 bits per heavy atom. The quantitative estimate of drug-likeness (QED) is 0.704. The van der Waals surface area contributed by atoms with Crippen LogP contribution in [0, 0.1) is 0 Å². The number of para-hydroxylation sites is 1. The van der Waals surface area contributed by atoms with E-state index in [2.05, 4.69) is 0 Å². The van der Waals surface area contributed by atoms with Crippen molar-refractivity contribution in [3.63, 3.8) is 0 Å². The highest BCUT2D eigenvalue weighted by Crippen LogP contribution is 2.24. The largest absolute Gasteiger partial charge is 0.364 e. The predicted octanol–water partition coefficient (Wildman–Crippen LogP) is 2.35. The maximum Gasteiger partial charge on any atom is 0.120 e. The van der Waals surface area contributed by atoms with E-state index in [0.29, 0.717) is 18.5 Å². The SMILES string of the molecule is COCN(COC)c1ccccc1Cl. The maximum absolute atomic E-state index is 6.04. The molecule has 0 saturated heterocycles. The topological polar surface area (TPSA) is 21.7 Å². The molecular weight excluding hydrogens is 202 g/mol. The highest BCUT2D eigenvalue weighted by atomic mass is 35.5. The van der Waals surface area contributed by atoms with Crippen LogP contribution in [0.1, 0.15) is 0 Å². The van der Waals surface area contributed by atoms with Crippen molar-refractivity contribution in [1.29, 1.82) is 0 Å². The van der Waals surface area contributed by atoms with E-state index in [1.54, 1.807) is 14.2 Å². The third kappa shape index (κ3) is 2.87. The summed E-state index contributed by atoms with van der Waals surface area (Å²) in [5.41, 5.74) is 0.915. The molecule has 3 nitrogen and oxygen atoms in total. The van der Waals surface area contributed by atoms with E-state index in [4.69, 9.17) is 21.1 Å². The molecule has 4 heteroatoms. The van der Waals surface area contributed by atoms with Crippen LogP contribution in [0.5, 0.6) is 0 Å². The van der Waals surface area contributed by atoms with Crippen LogP contribution in [0.25, 0.3) is 0 Å². The van der Waals surface area contributed by atoms with Gasteiger partial charge in [0.05, 0.1) is 10.7 Å². The molecule has 0 fully saturated rings. The van der Waals surface area contributed by atoms with E-state index < -0.39 is 0 Å². The number of halogens is 1. The lowest BCUT2D eigenvalue weighted by atomic mass is 10.3. The summed E-state index contributed by atoms with van der Waals surface area (Å²) >= 11 is 6.04. The summed E-state index contributed by atoms with van der Waals surface area (Å²) in [6, 6.07) is 7.60. The molecule has 0 saturated carbocycles. The van der Waals surface area contributed by atoms with Gasteiger partial charge in [0.15, 0.2) is 0 Å². The average Bonchev–Trinajstić information content (AvgIpc) is 2.18. The number of hydrogen-bond donors (Lipinski definition) is 0. The minimum absolute atomic E-state index is 0.456. The van der Waals surface area contributed by atoms with Crippen LogP contribution in [-0.4, -0.2) is 27.7 Å². The molecule has 0 aromatic heterocycles. The van der Waals surface area contributed by atoms with Crippen LogP contribution in [-0.2, 0) is 9.47 Å². The zero-order valence-corrected chi connectivity index (χ0v) is 9.12. The van der Waals surface area contributed by atoms with Crippen LogP contribution in [0.4, 0.5) is 5.69 Å². The number of ether oxygens (including phenoxy) is 2. The van der Waals surface area contributed by atoms with E-state index in [-0.39, 0.29) is 0 Å². The molecule has 78 valence electrons. The van der Waals surface area contributed by atoms with Gasteiger partial charge in [-0.25, -0.2) is 0 Å². The highest BCUT2D eigenvalue weighted by molar-refractivity contribution is 6.33. The van der Waals surface area contributed by atoms with Crippen molar-refractivity contribution in [1.82, 2.24) is 0 Å². The molecular formula is C10H14ClNO2. The molecule has 0 spiro atoms. The smallest absolute Gasteiger partial charge is 0.120 e. The van der Waals surface area contributed by atoms with Crippen LogP contribution >= 0.6 is 11.6 Å². The van der Waals surface area contributed by atoms with Crippen LogP contribution in [0.3, 0.4) is 0 Å². The molecule has 1 rings (SSSR count). The van der Waals surface area contributed by atoms with Gasteiger partial charge in [-0.05, 0) is 12.1 Å². The molecule has 1 aromatic carbocycles. The predicted molar refractivity (Wildman–Crippen MR) is 57.7 cm³/mol. The second-order valence-corrected chi connectivity index (χ2v) is 3.23. The minimum atomic E-state index is 0.456. The Labute approximate surface area is 89.2 Å². The Bertz CT molecular complexity index is 275. The molecule has 0 unspecified atom stereocenters. The summed E-state index contributed by atoms with van der Waals surface area (Å²) in [5.74, 6) is 0. The number of nitrogens with zero attached hydrogens (tertiary/aromatic N) is 1. The Hall–Kier alpha value is -0.770. The van der Waals surface area contributed by atoms with Crippen molar-refractivity contribution in [3.8, 4) is 0 Å². The first kappa shape index (κ1) is 11.3. The van der Waals surface area contributed by atoms with Gasteiger partial charge in [0.2, 0.25) is 0 Å². The zero-order valence-electron chi connectivity index (χ0n) is 8.37. The number of benzene rings is 1. The van der Waals surface area contributed by atoms with Gasteiger partial charge in [-0.15, -0.1) is 0 Å². The second kappa shape index (κ2) is 5.86. The van der Waals surface area contributed by atoms with Gasteiger partial charge in [0.25, 0.3) is 0 Å². The standard InChI is InChI=1S/C10H14ClNO2/c1-13-7-12(8-14-2)10-6-4-3-5-9(10)11/h3-6H,7-8H2,1-2H3. The van der Waals surface area contributed by atoms with Crippen molar-refractivity contribution in [2.24, 2.45) is 0 Å². The molecule has 0 atom stereocenters. The Kier molecular flexibility index (Phi) is 4.73. The normalized spacial score (nSPS) is 10.2. The summed E-state index contributed by atoms with van der Waals surface area (Å²) in [6.07, 6.45) is 0. The van der Waals surface area contributed by atoms with Crippen molar-refractivity contribution < 1.29 is 9.47 Å². The van der Waals surface area contributed by atoms with Gasteiger partial charge in [-0.3, -0.25) is 0 Å². The Balaban J connectivity index is 2.81. The second-order valence-electron chi connectivity index (χ2n) is 2.83. The van der Waals surface area contributed by atoms with E-state index in [0.717, 1.165) is 5.69 Å². The molecule has 0 radical (unpaired) electrons. The van der Waals surface area contributed by atoms with Crippen molar-refractivity contribution in [2.45, 2.75) is 0 Å². The van der Waals surface area contributed by atoms with Gasteiger partial charge in [-0.2, -0.15) is 0 Å².